The number of hydrogen-bond donors (Lipinski definition) is 2. The minimum Gasteiger partial charge on any atom is -0.271 e. The lowest BCUT2D eigenvalue weighted by Gasteiger charge is -2.21. The van der Waals surface area contributed by atoms with Crippen LogP contribution in [0.2, 0.25) is 0 Å². The lowest BCUT2D eigenvalue weighted by Crippen LogP contribution is -2.30. The molecule has 2 aromatic carbocycles. The van der Waals surface area contributed by atoms with Gasteiger partial charge in [-0.3, -0.25) is 5.84 Å². The largest absolute Gasteiger partial charge is 0.416 e. The van der Waals surface area contributed by atoms with Gasteiger partial charge < -0.3 is 0 Å². The molecule has 3 N–H and O–H groups in total. The fraction of sp³-hybridized carbons (Fsp3) is 0.143. The maximum atomic E-state index is 13.0. The van der Waals surface area contributed by atoms with E-state index in [-0.39, 0.29) is 5.56 Å². The van der Waals surface area contributed by atoms with Crippen molar-refractivity contribution < 1.29 is 13.2 Å². The number of hydrazine groups is 1. The molecule has 0 fully saturated rings. The zero-order valence-electron chi connectivity index (χ0n) is 9.98. The van der Waals surface area contributed by atoms with Crippen LogP contribution in [-0.4, -0.2) is 0 Å². The molecule has 0 aromatic heterocycles. The van der Waals surface area contributed by atoms with Crippen molar-refractivity contribution in [3.63, 3.8) is 0 Å². The third-order valence-corrected chi connectivity index (χ3v) is 2.88. The average molecular weight is 266 g/mol. The molecule has 0 aliphatic carbocycles. The van der Waals surface area contributed by atoms with Crippen molar-refractivity contribution in [3.8, 4) is 0 Å². The fourth-order valence-corrected chi connectivity index (χ4v) is 2.02. The predicted molar refractivity (Wildman–Crippen MR) is 67.1 cm³/mol. The number of nitrogens with two attached hydrogens (primary N) is 1. The van der Waals surface area contributed by atoms with Crippen LogP contribution in [0, 0.1) is 0 Å². The molecule has 0 spiro atoms. The zero-order valence-corrected chi connectivity index (χ0v) is 9.98. The van der Waals surface area contributed by atoms with Crippen molar-refractivity contribution in [1.29, 1.82) is 0 Å². The number of rotatable bonds is 3. The van der Waals surface area contributed by atoms with E-state index in [1.165, 1.54) is 12.1 Å². The molecule has 0 saturated heterocycles. The van der Waals surface area contributed by atoms with E-state index in [1.807, 2.05) is 0 Å². The first-order valence-electron chi connectivity index (χ1n) is 5.71. The van der Waals surface area contributed by atoms with Crippen LogP contribution in [0.3, 0.4) is 0 Å². The highest BCUT2D eigenvalue weighted by molar-refractivity contribution is 5.38. The van der Waals surface area contributed by atoms with E-state index in [0.29, 0.717) is 5.56 Å². The van der Waals surface area contributed by atoms with Crippen molar-refractivity contribution in [1.82, 2.24) is 5.43 Å². The van der Waals surface area contributed by atoms with E-state index in [1.54, 1.807) is 36.4 Å². The van der Waals surface area contributed by atoms with Gasteiger partial charge in [0.25, 0.3) is 0 Å². The van der Waals surface area contributed by atoms with Gasteiger partial charge in [-0.1, -0.05) is 48.5 Å². The Morgan fingerprint density at radius 2 is 1.47 bits per heavy atom. The molecule has 19 heavy (non-hydrogen) atoms. The van der Waals surface area contributed by atoms with Gasteiger partial charge in [-0.05, 0) is 17.2 Å². The molecular formula is C14H13F3N2. The van der Waals surface area contributed by atoms with Gasteiger partial charge in [0.05, 0.1) is 11.6 Å². The quantitative estimate of drug-likeness (QED) is 0.661. The van der Waals surface area contributed by atoms with Gasteiger partial charge in [0.1, 0.15) is 0 Å². The summed E-state index contributed by atoms with van der Waals surface area (Å²) >= 11 is 0. The highest BCUT2D eigenvalue weighted by Crippen LogP contribution is 2.36. The second kappa shape index (κ2) is 5.42. The highest BCUT2D eigenvalue weighted by atomic mass is 19.4. The lowest BCUT2D eigenvalue weighted by atomic mass is 9.94. The van der Waals surface area contributed by atoms with Crippen LogP contribution in [0.4, 0.5) is 13.2 Å². The summed E-state index contributed by atoms with van der Waals surface area (Å²) < 4.78 is 39.0. The Labute approximate surface area is 109 Å². The summed E-state index contributed by atoms with van der Waals surface area (Å²) in [5.41, 5.74) is 2.56. The molecule has 5 heteroatoms. The van der Waals surface area contributed by atoms with Crippen molar-refractivity contribution in [2.24, 2.45) is 5.84 Å². The van der Waals surface area contributed by atoms with Crippen molar-refractivity contribution in [3.05, 3.63) is 71.3 Å². The van der Waals surface area contributed by atoms with Crippen LogP contribution in [-0.2, 0) is 6.18 Å². The molecule has 2 aromatic rings. The molecule has 1 atom stereocenters. The molecule has 0 aliphatic heterocycles. The van der Waals surface area contributed by atoms with E-state index in [4.69, 9.17) is 5.84 Å². The molecule has 0 saturated carbocycles. The summed E-state index contributed by atoms with van der Waals surface area (Å²) in [4.78, 5) is 0. The Hall–Kier alpha value is -1.85. The molecule has 0 heterocycles. The summed E-state index contributed by atoms with van der Waals surface area (Å²) in [7, 11) is 0. The third kappa shape index (κ3) is 2.94. The van der Waals surface area contributed by atoms with E-state index >= 15 is 0 Å². The lowest BCUT2D eigenvalue weighted by molar-refractivity contribution is -0.138. The van der Waals surface area contributed by atoms with Gasteiger partial charge in [0, 0.05) is 0 Å². The summed E-state index contributed by atoms with van der Waals surface area (Å²) in [6, 6.07) is 13.5. The van der Waals surface area contributed by atoms with Gasteiger partial charge in [-0.25, -0.2) is 5.43 Å². The number of nitrogens with one attached hydrogen (secondary N) is 1. The number of halogens is 3. The number of hydrogen-bond acceptors (Lipinski definition) is 2. The van der Waals surface area contributed by atoms with Crippen LogP contribution >= 0.6 is 0 Å². The fourth-order valence-electron chi connectivity index (χ4n) is 2.02. The van der Waals surface area contributed by atoms with Crippen LogP contribution in [0.15, 0.2) is 54.6 Å². The normalized spacial score (nSPS) is 13.3. The Morgan fingerprint density at radius 3 is 2.05 bits per heavy atom. The van der Waals surface area contributed by atoms with E-state index in [0.717, 1.165) is 6.07 Å². The van der Waals surface area contributed by atoms with Gasteiger partial charge in [0.15, 0.2) is 0 Å². The average Bonchev–Trinajstić information content (AvgIpc) is 2.40. The molecular weight excluding hydrogens is 253 g/mol. The van der Waals surface area contributed by atoms with Gasteiger partial charge in [-0.2, -0.15) is 13.2 Å². The maximum Gasteiger partial charge on any atom is 0.416 e. The van der Waals surface area contributed by atoms with Crippen LogP contribution in [0.5, 0.6) is 0 Å². The summed E-state index contributed by atoms with van der Waals surface area (Å²) in [5.74, 6) is 5.43. The van der Waals surface area contributed by atoms with Gasteiger partial charge in [-0.15, -0.1) is 0 Å². The Morgan fingerprint density at radius 1 is 0.895 bits per heavy atom. The number of alkyl halides is 3. The number of benzene rings is 2. The molecule has 1 unspecified atom stereocenters. The Balaban J connectivity index is 2.51. The molecule has 100 valence electrons. The first-order chi connectivity index (χ1) is 9.04. The Bertz CT molecular complexity index is 538. The van der Waals surface area contributed by atoms with Crippen molar-refractivity contribution >= 4 is 0 Å². The Kier molecular flexibility index (Phi) is 3.87. The van der Waals surface area contributed by atoms with Crippen LogP contribution in [0.25, 0.3) is 0 Å². The minimum atomic E-state index is -4.40. The second-order valence-electron chi connectivity index (χ2n) is 4.10. The van der Waals surface area contributed by atoms with Crippen LogP contribution < -0.4 is 11.3 Å². The van der Waals surface area contributed by atoms with Crippen molar-refractivity contribution in [2.45, 2.75) is 12.2 Å². The molecule has 0 radical (unpaired) electrons. The smallest absolute Gasteiger partial charge is 0.271 e. The molecule has 0 bridgehead atoms. The summed E-state index contributed by atoms with van der Waals surface area (Å²) in [6.45, 7) is 0. The third-order valence-electron chi connectivity index (χ3n) is 2.88. The SMILES string of the molecule is NNC(c1ccccc1)c1ccccc1C(F)(F)F. The standard InChI is InChI=1S/C14H13F3N2/c15-14(16,17)12-9-5-4-8-11(12)13(19-18)10-6-2-1-3-7-10/h1-9,13,19H,18H2. The minimum absolute atomic E-state index is 0.115. The highest BCUT2D eigenvalue weighted by Gasteiger charge is 2.35. The zero-order chi connectivity index (χ0) is 13.9. The first kappa shape index (κ1) is 13.6. The maximum absolute atomic E-state index is 13.0. The topological polar surface area (TPSA) is 38.0 Å². The van der Waals surface area contributed by atoms with Gasteiger partial charge >= 0.3 is 6.18 Å². The predicted octanol–water partition coefficient (Wildman–Crippen LogP) is 3.26. The van der Waals surface area contributed by atoms with Gasteiger partial charge in [0.2, 0.25) is 0 Å². The first-order valence-corrected chi connectivity index (χ1v) is 5.71. The van der Waals surface area contributed by atoms with Crippen LogP contribution in [0.1, 0.15) is 22.7 Å². The molecule has 2 nitrogen and oxygen atoms in total. The molecule has 2 rings (SSSR count). The van der Waals surface area contributed by atoms with Crippen molar-refractivity contribution in [2.75, 3.05) is 0 Å². The molecule has 0 aliphatic rings. The monoisotopic (exact) mass is 266 g/mol. The summed E-state index contributed by atoms with van der Waals surface area (Å²) in [6.07, 6.45) is -4.40. The van der Waals surface area contributed by atoms with E-state index in [2.05, 4.69) is 5.43 Å². The van der Waals surface area contributed by atoms with E-state index < -0.39 is 17.8 Å². The second-order valence-corrected chi connectivity index (χ2v) is 4.10. The molecule has 0 amide bonds. The van der Waals surface area contributed by atoms with E-state index in [9.17, 15) is 13.2 Å². The summed E-state index contributed by atoms with van der Waals surface area (Å²) in [5, 5.41) is 0.